The molecule has 4 heteroatoms. The van der Waals surface area contributed by atoms with Crippen molar-refractivity contribution in [1.29, 1.82) is 0 Å². The van der Waals surface area contributed by atoms with E-state index >= 15 is 0 Å². The van der Waals surface area contributed by atoms with Crippen LogP contribution < -0.4 is 5.73 Å². The molecule has 0 aromatic heterocycles. The van der Waals surface area contributed by atoms with Gasteiger partial charge in [-0.3, -0.25) is 0 Å². The fourth-order valence-corrected chi connectivity index (χ4v) is 4.42. The van der Waals surface area contributed by atoms with E-state index in [4.69, 9.17) is 23.5 Å². The van der Waals surface area contributed by atoms with E-state index in [-0.39, 0.29) is 10.3 Å². The molecule has 0 heterocycles. The van der Waals surface area contributed by atoms with E-state index < -0.39 is 0 Å². The van der Waals surface area contributed by atoms with Crippen molar-refractivity contribution >= 4 is 34.8 Å². The van der Waals surface area contributed by atoms with E-state index in [0.29, 0.717) is 11.8 Å². The van der Waals surface area contributed by atoms with Crippen LogP contribution in [-0.2, 0) is 0 Å². The van der Waals surface area contributed by atoms with Gasteiger partial charge in [-0.2, -0.15) is 22.9 Å². The average Bonchev–Trinajstić information content (AvgIpc) is 2.61. The molecule has 1 saturated carbocycles. The molecule has 0 aliphatic heterocycles. The Morgan fingerprint density at radius 3 is 2.08 bits per heavy atom. The number of nitrogens with zero attached hydrogens (tertiary/aromatic N) is 2. The molecule has 26 heavy (non-hydrogen) atoms. The summed E-state index contributed by atoms with van der Waals surface area (Å²) in [4.78, 5) is 0. The molecule has 0 spiro atoms. The number of hydrogen-bond acceptors (Lipinski definition) is 4. The molecule has 2 N–H and O–H groups in total. The maximum Gasteiger partial charge on any atom is 0.0932 e. The number of anilines is 1. The van der Waals surface area contributed by atoms with Crippen molar-refractivity contribution in [3.05, 3.63) is 36.4 Å². The van der Waals surface area contributed by atoms with E-state index in [1.807, 2.05) is 30.3 Å². The van der Waals surface area contributed by atoms with Crippen LogP contribution in [0.25, 0.3) is 10.8 Å². The summed E-state index contributed by atoms with van der Waals surface area (Å²) in [5.74, 6) is 1.26. The summed E-state index contributed by atoms with van der Waals surface area (Å²) >= 11 is 4.78. The summed E-state index contributed by atoms with van der Waals surface area (Å²) in [6.07, 6.45) is 4.85. The molecule has 140 valence electrons. The normalized spacial score (nSPS) is 22.2. The van der Waals surface area contributed by atoms with Crippen molar-refractivity contribution in [2.24, 2.45) is 22.1 Å². The summed E-state index contributed by atoms with van der Waals surface area (Å²) in [5.41, 5.74) is 7.62. The lowest BCUT2D eigenvalue weighted by Crippen LogP contribution is -2.36. The Morgan fingerprint density at radius 2 is 1.46 bits per heavy atom. The fraction of sp³-hybridized carbons (Fsp3) is 0.545. The van der Waals surface area contributed by atoms with E-state index in [0.717, 1.165) is 22.1 Å². The first-order chi connectivity index (χ1) is 12.2. The molecular formula is C22H31N3S. The van der Waals surface area contributed by atoms with Gasteiger partial charge in [-0.05, 0) is 63.5 Å². The lowest BCUT2D eigenvalue weighted by molar-refractivity contribution is 0.178. The summed E-state index contributed by atoms with van der Waals surface area (Å²) in [7, 11) is 0. The molecule has 0 unspecified atom stereocenters. The first-order valence-electron chi connectivity index (χ1n) is 9.61. The van der Waals surface area contributed by atoms with Gasteiger partial charge in [0.1, 0.15) is 0 Å². The van der Waals surface area contributed by atoms with Gasteiger partial charge < -0.3 is 5.73 Å². The monoisotopic (exact) mass is 369 g/mol. The number of hydrogen-bond donors (Lipinski definition) is 2. The predicted molar refractivity (Wildman–Crippen MR) is 115 cm³/mol. The number of thiol groups is 1. The molecule has 2 aromatic carbocycles. The highest BCUT2D eigenvalue weighted by molar-refractivity contribution is 7.81. The Bertz CT molecular complexity index is 797. The highest BCUT2D eigenvalue weighted by Crippen LogP contribution is 2.43. The summed E-state index contributed by atoms with van der Waals surface area (Å²) in [5, 5.41) is 11.5. The Labute approximate surface area is 162 Å². The highest BCUT2D eigenvalue weighted by Gasteiger charge is 2.37. The minimum Gasteiger partial charge on any atom is -0.398 e. The smallest absolute Gasteiger partial charge is 0.0932 e. The van der Waals surface area contributed by atoms with Crippen LogP contribution >= 0.6 is 12.6 Å². The number of azo groups is 1. The number of rotatable bonds is 4. The van der Waals surface area contributed by atoms with Crippen LogP contribution in [0.4, 0.5) is 11.4 Å². The van der Waals surface area contributed by atoms with Crippen LogP contribution in [0.5, 0.6) is 0 Å². The zero-order valence-electron chi connectivity index (χ0n) is 16.4. The molecular weight excluding hydrogens is 338 g/mol. The zero-order valence-corrected chi connectivity index (χ0v) is 17.3. The second-order valence-electron chi connectivity index (χ2n) is 8.78. The Balaban J connectivity index is 1.77. The van der Waals surface area contributed by atoms with Crippen LogP contribution in [-0.4, -0.2) is 10.3 Å². The molecule has 1 fully saturated rings. The molecule has 0 saturated heterocycles. The predicted octanol–water partition coefficient (Wildman–Crippen LogP) is 6.80. The molecule has 1 aliphatic rings. The summed E-state index contributed by atoms with van der Waals surface area (Å²) in [6.45, 7) is 8.90. The van der Waals surface area contributed by atoms with E-state index in [9.17, 15) is 0 Å². The molecule has 0 amide bonds. The summed E-state index contributed by atoms with van der Waals surface area (Å²) < 4.78 is 0.111. The first-order valence-corrected chi connectivity index (χ1v) is 10.1. The van der Waals surface area contributed by atoms with Gasteiger partial charge in [-0.15, -0.1) is 0 Å². The van der Waals surface area contributed by atoms with Gasteiger partial charge in [0.15, 0.2) is 0 Å². The zero-order chi connectivity index (χ0) is 18.9. The van der Waals surface area contributed by atoms with E-state index in [1.165, 1.54) is 25.7 Å². The van der Waals surface area contributed by atoms with Crippen molar-refractivity contribution in [2.45, 2.75) is 63.7 Å². The van der Waals surface area contributed by atoms with Crippen molar-refractivity contribution in [3.8, 4) is 0 Å². The van der Waals surface area contributed by atoms with Gasteiger partial charge in [-0.25, -0.2) is 0 Å². The van der Waals surface area contributed by atoms with Crippen LogP contribution in [0, 0.1) is 11.8 Å². The topological polar surface area (TPSA) is 50.7 Å². The molecule has 3 nitrogen and oxygen atoms in total. The first kappa shape index (κ1) is 19.2. The van der Waals surface area contributed by atoms with Crippen LogP contribution in [0.3, 0.4) is 0 Å². The lowest BCUT2D eigenvalue weighted by atomic mass is 9.70. The third-order valence-corrected chi connectivity index (χ3v) is 6.44. The van der Waals surface area contributed by atoms with Gasteiger partial charge >= 0.3 is 0 Å². The van der Waals surface area contributed by atoms with Crippen molar-refractivity contribution in [1.82, 2.24) is 0 Å². The van der Waals surface area contributed by atoms with E-state index in [1.54, 1.807) is 0 Å². The molecule has 2 aromatic rings. The maximum atomic E-state index is 6.09. The highest BCUT2D eigenvalue weighted by atomic mass is 32.1. The molecule has 1 aliphatic carbocycles. The third-order valence-electron chi connectivity index (χ3n) is 6.08. The number of fused-ring (bicyclic) bond motifs is 1. The standard InChI is InChI=1S/C22H31N3S/c1-21(2,15-9-11-16(12-10-15)22(3,4)26)25-24-20-14-13-19(23)17-7-5-6-8-18(17)20/h5-8,13-16,26H,9-12,23H2,1-4H3/b25-24-. The Morgan fingerprint density at radius 1 is 0.885 bits per heavy atom. The second-order valence-corrected chi connectivity index (χ2v) is 9.93. The van der Waals surface area contributed by atoms with Crippen molar-refractivity contribution < 1.29 is 0 Å². The average molecular weight is 370 g/mol. The number of benzene rings is 2. The second kappa shape index (κ2) is 7.22. The molecule has 0 bridgehead atoms. The SMILES string of the molecule is CC(C)(S)C1CCC(C(C)(C)/N=N\c2ccc(N)c3ccccc23)CC1. The van der Waals surface area contributed by atoms with Crippen molar-refractivity contribution in [2.75, 3.05) is 5.73 Å². The fourth-order valence-electron chi connectivity index (χ4n) is 4.16. The maximum absolute atomic E-state index is 6.09. The van der Waals surface area contributed by atoms with Gasteiger partial charge in [0.05, 0.1) is 11.2 Å². The minimum atomic E-state index is -0.159. The Hall–Kier alpha value is -1.55. The number of nitrogens with two attached hydrogens (primary N) is 1. The molecule has 3 rings (SSSR count). The van der Waals surface area contributed by atoms with E-state index in [2.05, 4.69) is 38.9 Å². The van der Waals surface area contributed by atoms with Crippen molar-refractivity contribution in [3.63, 3.8) is 0 Å². The van der Waals surface area contributed by atoms with Crippen LogP contribution in [0.1, 0.15) is 53.4 Å². The Kier molecular flexibility index (Phi) is 5.34. The quantitative estimate of drug-likeness (QED) is 0.347. The van der Waals surface area contributed by atoms with Crippen LogP contribution in [0.2, 0.25) is 0 Å². The summed E-state index contributed by atoms with van der Waals surface area (Å²) in [6, 6.07) is 12.0. The van der Waals surface area contributed by atoms with Crippen LogP contribution in [0.15, 0.2) is 46.6 Å². The minimum absolute atomic E-state index is 0.111. The lowest BCUT2D eigenvalue weighted by Gasteiger charge is -2.40. The third kappa shape index (κ3) is 4.06. The van der Waals surface area contributed by atoms with Gasteiger partial charge in [-0.1, -0.05) is 38.1 Å². The number of nitrogen functional groups attached to an aromatic ring is 1. The largest absolute Gasteiger partial charge is 0.398 e. The molecule has 0 atom stereocenters. The van der Waals surface area contributed by atoms with Gasteiger partial charge in [0, 0.05) is 21.2 Å². The van der Waals surface area contributed by atoms with Gasteiger partial charge in [0.25, 0.3) is 0 Å². The van der Waals surface area contributed by atoms with Gasteiger partial charge in [0.2, 0.25) is 0 Å². The molecule has 0 radical (unpaired) electrons.